The third kappa shape index (κ3) is 4.96. The molecule has 0 heterocycles. The first-order valence-corrected chi connectivity index (χ1v) is 6.73. The van der Waals surface area contributed by atoms with Crippen LogP contribution in [-0.4, -0.2) is 17.2 Å². The predicted molar refractivity (Wildman–Crippen MR) is 81.8 cm³/mol. The fraction of sp³-hybridized carbons (Fsp3) is 0.0588. The SMILES string of the molecule is O=C(NC(=Cc1ccccc1F)C(=O)O)OCc1ccccc1. The second-order valence-electron chi connectivity index (χ2n) is 4.57. The first kappa shape index (κ1) is 16.2. The van der Waals surface area contributed by atoms with Crippen LogP contribution >= 0.6 is 0 Å². The van der Waals surface area contributed by atoms with Crippen molar-refractivity contribution >= 4 is 18.1 Å². The Bertz CT molecular complexity index is 728. The molecule has 2 aromatic carbocycles. The first-order valence-electron chi connectivity index (χ1n) is 6.73. The topological polar surface area (TPSA) is 75.6 Å². The highest BCUT2D eigenvalue weighted by atomic mass is 19.1. The summed E-state index contributed by atoms with van der Waals surface area (Å²) in [6.07, 6.45) is 0.0976. The van der Waals surface area contributed by atoms with Gasteiger partial charge in [-0.25, -0.2) is 14.0 Å². The van der Waals surface area contributed by atoms with Gasteiger partial charge in [-0.15, -0.1) is 0 Å². The van der Waals surface area contributed by atoms with Crippen molar-refractivity contribution in [1.29, 1.82) is 0 Å². The molecule has 23 heavy (non-hydrogen) atoms. The smallest absolute Gasteiger partial charge is 0.412 e. The lowest BCUT2D eigenvalue weighted by Crippen LogP contribution is -2.27. The third-order valence-corrected chi connectivity index (χ3v) is 2.88. The van der Waals surface area contributed by atoms with Gasteiger partial charge in [-0.2, -0.15) is 0 Å². The van der Waals surface area contributed by atoms with Crippen LogP contribution in [0.5, 0.6) is 0 Å². The molecule has 6 heteroatoms. The Morgan fingerprint density at radius 2 is 1.74 bits per heavy atom. The van der Waals surface area contributed by atoms with E-state index < -0.39 is 23.6 Å². The maximum absolute atomic E-state index is 13.5. The molecular weight excluding hydrogens is 301 g/mol. The summed E-state index contributed by atoms with van der Waals surface area (Å²) in [4.78, 5) is 22.8. The second-order valence-corrected chi connectivity index (χ2v) is 4.57. The summed E-state index contributed by atoms with van der Waals surface area (Å²) in [5, 5.41) is 11.2. The molecule has 0 atom stereocenters. The van der Waals surface area contributed by atoms with Gasteiger partial charge in [0.1, 0.15) is 18.1 Å². The number of aliphatic carboxylic acids is 1. The summed E-state index contributed by atoms with van der Waals surface area (Å²) in [5.41, 5.74) is 0.332. The number of carbonyl (C=O) groups is 2. The lowest BCUT2D eigenvalue weighted by Gasteiger charge is -2.08. The second kappa shape index (κ2) is 7.74. The van der Waals surface area contributed by atoms with E-state index in [0.29, 0.717) is 0 Å². The number of ether oxygens (including phenoxy) is 1. The van der Waals surface area contributed by atoms with E-state index in [2.05, 4.69) is 5.32 Å². The molecule has 2 aromatic rings. The Morgan fingerprint density at radius 1 is 1.09 bits per heavy atom. The van der Waals surface area contributed by atoms with Crippen molar-refractivity contribution in [2.75, 3.05) is 0 Å². The Kier molecular flexibility index (Phi) is 5.46. The highest BCUT2D eigenvalue weighted by Crippen LogP contribution is 2.11. The quantitative estimate of drug-likeness (QED) is 0.831. The van der Waals surface area contributed by atoms with Gasteiger partial charge in [-0.3, -0.25) is 5.32 Å². The summed E-state index contributed by atoms with van der Waals surface area (Å²) in [6.45, 7) is -0.000724. The number of nitrogens with one attached hydrogen (secondary N) is 1. The van der Waals surface area contributed by atoms with Gasteiger partial charge in [0, 0.05) is 5.56 Å². The molecule has 0 aliphatic heterocycles. The van der Waals surface area contributed by atoms with Crippen LogP contribution in [0.2, 0.25) is 0 Å². The zero-order chi connectivity index (χ0) is 16.7. The zero-order valence-electron chi connectivity index (χ0n) is 12.0. The van der Waals surface area contributed by atoms with Crippen molar-refractivity contribution in [3.63, 3.8) is 0 Å². The van der Waals surface area contributed by atoms with Gasteiger partial charge in [0.05, 0.1) is 0 Å². The van der Waals surface area contributed by atoms with Crippen LogP contribution in [0, 0.1) is 5.82 Å². The summed E-state index contributed by atoms with van der Waals surface area (Å²) in [5.74, 6) is -1.99. The normalized spacial score (nSPS) is 10.9. The van der Waals surface area contributed by atoms with Gasteiger partial charge in [-0.05, 0) is 17.7 Å². The van der Waals surface area contributed by atoms with Crippen molar-refractivity contribution in [3.05, 3.63) is 77.2 Å². The Balaban J connectivity index is 2.03. The Morgan fingerprint density at radius 3 is 2.39 bits per heavy atom. The van der Waals surface area contributed by atoms with E-state index in [-0.39, 0.29) is 12.2 Å². The molecule has 0 saturated carbocycles. The molecule has 0 aliphatic rings. The maximum Gasteiger partial charge on any atom is 0.412 e. The molecule has 0 spiro atoms. The number of alkyl carbamates (subject to hydrolysis) is 1. The van der Waals surface area contributed by atoms with Gasteiger partial charge in [-0.1, -0.05) is 48.5 Å². The molecule has 0 bridgehead atoms. The lowest BCUT2D eigenvalue weighted by molar-refractivity contribution is -0.132. The lowest BCUT2D eigenvalue weighted by atomic mass is 10.2. The van der Waals surface area contributed by atoms with Crippen molar-refractivity contribution in [1.82, 2.24) is 5.32 Å². The number of carbonyl (C=O) groups excluding carboxylic acids is 1. The number of carboxylic acids is 1. The zero-order valence-corrected chi connectivity index (χ0v) is 12.0. The van der Waals surface area contributed by atoms with Gasteiger partial charge >= 0.3 is 12.1 Å². The summed E-state index contributed by atoms with van der Waals surface area (Å²) in [6, 6.07) is 14.6. The van der Waals surface area contributed by atoms with E-state index in [4.69, 9.17) is 9.84 Å². The van der Waals surface area contributed by atoms with Crippen LogP contribution in [0.3, 0.4) is 0 Å². The summed E-state index contributed by atoms with van der Waals surface area (Å²) in [7, 11) is 0. The van der Waals surface area contributed by atoms with Crippen LogP contribution in [0.4, 0.5) is 9.18 Å². The average molecular weight is 315 g/mol. The van der Waals surface area contributed by atoms with Gasteiger partial charge in [0.15, 0.2) is 0 Å². The molecule has 5 nitrogen and oxygen atoms in total. The van der Waals surface area contributed by atoms with Gasteiger partial charge in [0.2, 0.25) is 0 Å². The van der Waals surface area contributed by atoms with Crippen LogP contribution in [0.15, 0.2) is 60.3 Å². The van der Waals surface area contributed by atoms with E-state index in [9.17, 15) is 14.0 Å². The number of hydrogen-bond donors (Lipinski definition) is 2. The minimum absolute atomic E-state index is 0.000724. The van der Waals surface area contributed by atoms with Crippen LogP contribution in [-0.2, 0) is 16.1 Å². The van der Waals surface area contributed by atoms with Crippen LogP contribution < -0.4 is 5.32 Å². The number of halogens is 1. The highest BCUT2D eigenvalue weighted by molar-refractivity contribution is 5.95. The maximum atomic E-state index is 13.5. The minimum Gasteiger partial charge on any atom is -0.477 e. The molecule has 1 amide bonds. The Labute approximate surface area is 132 Å². The number of benzene rings is 2. The minimum atomic E-state index is -1.40. The molecule has 0 saturated heterocycles. The molecule has 0 aromatic heterocycles. The van der Waals surface area contributed by atoms with E-state index in [1.165, 1.54) is 18.2 Å². The fourth-order valence-electron chi connectivity index (χ4n) is 1.77. The van der Waals surface area contributed by atoms with Crippen molar-refractivity contribution in [3.8, 4) is 0 Å². The molecule has 0 unspecified atom stereocenters. The molecule has 2 rings (SSSR count). The van der Waals surface area contributed by atoms with Gasteiger partial charge < -0.3 is 9.84 Å². The molecule has 0 radical (unpaired) electrons. The third-order valence-electron chi connectivity index (χ3n) is 2.88. The number of hydrogen-bond acceptors (Lipinski definition) is 3. The van der Waals surface area contributed by atoms with E-state index in [0.717, 1.165) is 11.6 Å². The molecular formula is C17H14FNO4. The summed E-state index contributed by atoms with van der Waals surface area (Å²) >= 11 is 0. The highest BCUT2D eigenvalue weighted by Gasteiger charge is 2.13. The fourth-order valence-corrected chi connectivity index (χ4v) is 1.77. The van der Waals surface area contributed by atoms with E-state index >= 15 is 0 Å². The van der Waals surface area contributed by atoms with E-state index in [1.807, 2.05) is 6.07 Å². The Hall–Kier alpha value is -3.15. The predicted octanol–water partition coefficient (Wildman–Crippen LogP) is 3.18. The van der Waals surface area contributed by atoms with Crippen molar-refractivity contribution in [2.24, 2.45) is 0 Å². The summed E-state index contributed by atoms with van der Waals surface area (Å²) < 4.78 is 18.5. The van der Waals surface area contributed by atoms with E-state index in [1.54, 1.807) is 30.3 Å². The molecule has 2 N–H and O–H groups in total. The molecule has 118 valence electrons. The van der Waals surface area contributed by atoms with Crippen LogP contribution in [0.1, 0.15) is 11.1 Å². The van der Waals surface area contributed by atoms with Crippen molar-refractivity contribution < 1.29 is 23.8 Å². The average Bonchev–Trinajstić information content (AvgIpc) is 2.55. The largest absolute Gasteiger partial charge is 0.477 e. The molecule has 0 fully saturated rings. The number of carboxylic acid groups (broad SMARTS) is 1. The molecule has 0 aliphatic carbocycles. The number of rotatable bonds is 5. The standard InChI is InChI=1S/C17H14FNO4/c18-14-9-5-4-8-13(14)10-15(16(20)21)19-17(22)23-11-12-6-2-1-3-7-12/h1-10H,11H2,(H,19,22)(H,20,21). The van der Waals surface area contributed by atoms with Crippen molar-refractivity contribution in [2.45, 2.75) is 6.61 Å². The first-order chi connectivity index (χ1) is 11.1. The van der Waals surface area contributed by atoms with Gasteiger partial charge in [0.25, 0.3) is 0 Å². The van der Waals surface area contributed by atoms with Crippen LogP contribution in [0.25, 0.3) is 6.08 Å². The monoisotopic (exact) mass is 315 g/mol. The number of amides is 1.